The van der Waals surface area contributed by atoms with Gasteiger partial charge < -0.3 is 0 Å². The van der Waals surface area contributed by atoms with Gasteiger partial charge in [0.15, 0.2) is 0 Å². The lowest BCUT2D eigenvalue weighted by molar-refractivity contribution is 0.611. The van der Waals surface area contributed by atoms with Gasteiger partial charge in [-0.05, 0) is 40.6 Å². The van der Waals surface area contributed by atoms with E-state index in [0.717, 1.165) is 22.1 Å². The highest BCUT2D eigenvalue weighted by Crippen LogP contribution is 2.21. The fourth-order valence-corrected chi connectivity index (χ4v) is 2.52. The number of hydrogen-bond acceptors (Lipinski definition) is 2. The fraction of sp³-hybridized carbons (Fsp3) is 0.286. The second-order valence-electron chi connectivity index (χ2n) is 4.21. The van der Waals surface area contributed by atoms with Gasteiger partial charge in [-0.3, -0.25) is 0 Å². The van der Waals surface area contributed by atoms with Gasteiger partial charge in [-0.25, -0.2) is 14.4 Å². The monoisotopic (exact) mass is 390 g/mol. The first-order chi connectivity index (χ1) is 9.11. The molecule has 0 saturated heterocycles. The topological polar surface area (TPSA) is 25.8 Å². The molecule has 0 aliphatic heterocycles. The molecule has 1 aromatic heterocycles. The molecule has 100 valence electrons. The third-order valence-electron chi connectivity index (χ3n) is 2.72. The summed E-state index contributed by atoms with van der Waals surface area (Å²) in [5.74, 6) is 0.330. The SMILES string of the molecule is CCCc1nc(Cc2ccccc2F)nc(Cl)c1I. The summed E-state index contributed by atoms with van der Waals surface area (Å²) in [5.41, 5.74) is 1.52. The average molecular weight is 391 g/mol. The molecule has 0 spiro atoms. The van der Waals surface area contributed by atoms with Crippen molar-refractivity contribution in [3.05, 3.63) is 55.9 Å². The maximum atomic E-state index is 13.6. The number of aryl methyl sites for hydroxylation is 1. The van der Waals surface area contributed by atoms with E-state index in [-0.39, 0.29) is 5.82 Å². The van der Waals surface area contributed by atoms with Crippen molar-refractivity contribution in [1.29, 1.82) is 0 Å². The van der Waals surface area contributed by atoms with E-state index in [4.69, 9.17) is 11.6 Å². The molecule has 0 unspecified atom stereocenters. The molecule has 2 rings (SSSR count). The number of aromatic nitrogens is 2. The predicted octanol–water partition coefficient (Wildman–Crippen LogP) is 4.42. The Labute approximate surface area is 130 Å². The number of halogens is 3. The second kappa shape index (κ2) is 6.61. The van der Waals surface area contributed by atoms with Gasteiger partial charge in [-0.2, -0.15) is 0 Å². The van der Waals surface area contributed by atoms with Crippen LogP contribution in [0.1, 0.15) is 30.4 Å². The van der Waals surface area contributed by atoms with E-state index in [0.29, 0.717) is 23.0 Å². The zero-order chi connectivity index (χ0) is 13.8. The third kappa shape index (κ3) is 3.63. The zero-order valence-electron chi connectivity index (χ0n) is 10.5. The van der Waals surface area contributed by atoms with Crippen LogP contribution in [0.15, 0.2) is 24.3 Å². The van der Waals surface area contributed by atoms with Gasteiger partial charge in [0.05, 0.1) is 9.26 Å². The van der Waals surface area contributed by atoms with Crippen LogP contribution in [0, 0.1) is 9.39 Å². The molecule has 19 heavy (non-hydrogen) atoms. The smallest absolute Gasteiger partial charge is 0.146 e. The molecule has 2 aromatic rings. The molecule has 0 radical (unpaired) electrons. The van der Waals surface area contributed by atoms with Crippen LogP contribution in [0.5, 0.6) is 0 Å². The molecule has 0 fully saturated rings. The highest BCUT2D eigenvalue weighted by Gasteiger charge is 2.11. The molecule has 0 atom stereocenters. The molecular formula is C14H13ClFIN2. The molecule has 0 saturated carbocycles. The molecule has 2 nitrogen and oxygen atoms in total. The summed E-state index contributed by atoms with van der Waals surface area (Å²) >= 11 is 8.26. The van der Waals surface area contributed by atoms with Crippen LogP contribution in [0.4, 0.5) is 4.39 Å². The van der Waals surface area contributed by atoms with Crippen LogP contribution in [-0.4, -0.2) is 9.97 Å². The van der Waals surface area contributed by atoms with Crippen LogP contribution in [0.3, 0.4) is 0 Å². The summed E-state index contributed by atoms with van der Waals surface area (Å²) in [4.78, 5) is 8.72. The van der Waals surface area contributed by atoms with Gasteiger partial charge in [-0.15, -0.1) is 0 Å². The van der Waals surface area contributed by atoms with Crippen molar-refractivity contribution in [2.75, 3.05) is 0 Å². The quantitative estimate of drug-likeness (QED) is 0.571. The number of hydrogen-bond donors (Lipinski definition) is 0. The van der Waals surface area contributed by atoms with Crippen LogP contribution < -0.4 is 0 Å². The van der Waals surface area contributed by atoms with Crippen molar-refractivity contribution in [2.24, 2.45) is 0 Å². The van der Waals surface area contributed by atoms with E-state index in [1.54, 1.807) is 18.2 Å². The van der Waals surface area contributed by atoms with Gasteiger partial charge >= 0.3 is 0 Å². The number of rotatable bonds is 4. The molecule has 5 heteroatoms. The highest BCUT2D eigenvalue weighted by molar-refractivity contribution is 14.1. The Morgan fingerprint density at radius 3 is 2.68 bits per heavy atom. The van der Waals surface area contributed by atoms with Crippen molar-refractivity contribution in [3.63, 3.8) is 0 Å². The lowest BCUT2D eigenvalue weighted by Gasteiger charge is -2.08. The molecular weight excluding hydrogens is 378 g/mol. The maximum absolute atomic E-state index is 13.6. The van der Waals surface area contributed by atoms with Crippen molar-refractivity contribution in [3.8, 4) is 0 Å². The Bertz CT molecular complexity index is 590. The van der Waals surface area contributed by atoms with Crippen molar-refractivity contribution >= 4 is 34.2 Å². The largest absolute Gasteiger partial charge is 0.236 e. The van der Waals surface area contributed by atoms with Gasteiger partial charge in [-0.1, -0.05) is 43.1 Å². The fourth-order valence-electron chi connectivity index (χ4n) is 1.80. The Hall–Kier alpha value is -0.750. The van der Waals surface area contributed by atoms with Crippen LogP contribution in [0.2, 0.25) is 5.15 Å². The normalized spacial score (nSPS) is 10.7. The summed E-state index contributed by atoms with van der Waals surface area (Å²) in [6.07, 6.45) is 2.20. The van der Waals surface area contributed by atoms with Gasteiger partial charge in [0.1, 0.15) is 16.8 Å². The lowest BCUT2D eigenvalue weighted by Crippen LogP contribution is -2.05. The first kappa shape index (κ1) is 14.7. The molecule has 1 heterocycles. The minimum atomic E-state index is -0.238. The molecule has 1 aromatic carbocycles. The molecule has 0 amide bonds. The van der Waals surface area contributed by atoms with E-state index >= 15 is 0 Å². The Morgan fingerprint density at radius 1 is 1.26 bits per heavy atom. The molecule has 0 N–H and O–H groups in total. The number of benzene rings is 1. The van der Waals surface area contributed by atoms with Gasteiger partial charge in [0.2, 0.25) is 0 Å². The highest BCUT2D eigenvalue weighted by atomic mass is 127. The van der Waals surface area contributed by atoms with Crippen molar-refractivity contribution in [2.45, 2.75) is 26.2 Å². The summed E-state index contributed by atoms with van der Waals surface area (Å²) in [5, 5.41) is 0.449. The average Bonchev–Trinajstić information content (AvgIpc) is 2.38. The molecule has 0 bridgehead atoms. The third-order valence-corrected chi connectivity index (χ3v) is 4.44. The predicted molar refractivity (Wildman–Crippen MR) is 83.0 cm³/mol. The van der Waals surface area contributed by atoms with E-state index in [2.05, 4.69) is 39.5 Å². The van der Waals surface area contributed by atoms with Gasteiger partial charge in [0, 0.05) is 6.42 Å². The summed E-state index contributed by atoms with van der Waals surface area (Å²) < 4.78 is 14.5. The Kier molecular flexibility index (Phi) is 5.10. The van der Waals surface area contributed by atoms with E-state index in [1.807, 2.05) is 0 Å². The Balaban J connectivity index is 2.33. The van der Waals surface area contributed by atoms with E-state index < -0.39 is 0 Å². The van der Waals surface area contributed by atoms with Crippen molar-refractivity contribution < 1.29 is 4.39 Å². The maximum Gasteiger partial charge on any atom is 0.146 e. The van der Waals surface area contributed by atoms with Crippen LogP contribution in [-0.2, 0) is 12.8 Å². The summed E-state index contributed by atoms with van der Waals surface area (Å²) in [6.45, 7) is 2.09. The molecule has 0 aliphatic carbocycles. The minimum Gasteiger partial charge on any atom is -0.236 e. The van der Waals surface area contributed by atoms with E-state index in [1.165, 1.54) is 6.07 Å². The first-order valence-electron chi connectivity index (χ1n) is 6.06. The standard InChI is InChI=1S/C14H13ClFIN2/c1-2-5-11-13(17)14(15)19-12(18-11)8-9-6-3-4-7-10(9)16/h3-4,6-7H,2,5,8H2,1H3. The van der Waals surface area contributed by atoms with Crippen LogP contribution in [0.25, 0.3) is 0 Å². The van der Waals surface area contributed by atoms with Crippen molar-refractivity contribution in [1.82, 2.24) is 9.97 Å². The minimum absolute atomic E-state index is 0.238. The molecule has 0 aliphatic rings. The summed E-state index contributed by atoms with van der Waals surface area (Å²) in [6, 6.07) is 6.66. The van der Waals surface area contributed by atoms with Gasteiger partial charge in [0.25, 0.3) is 0 Å². The summed E-state index contributed by atoms with van der Waals surface area (Å²) in [7, 11) is 0. The second-order valence-corrected chi connectivity index (χ2v) is 5.65. The number of nitrogens with zero attached hydrogens (tertiary/aromatic N) is 2. The lowest BCUT2D eigenvalue weighted by atomic mass is 10.1. The van der Waals surface area contributed by atoms with E-state index in [9.17, 15) is 4.39 Å². The zero-order valence-corrected chi connectivity index (χ0v) is 13.4. The Morgan fingerprint density at radius 2 is 2.00 bits per heavy atom. The van der Waals surface area contributed by atoms with Crippen LogP contribution >= 0.6 is 34.2 Å². The first-order valence-corrected chi connectivity index (χ1v) is 7.51.